The van der Waals surface area contributed by atoms with Gasteiger partial charge in [0, 0.05) is 10.4 Å². The van der Waals surface area contributed by atoms with Crippen molar-refractivity contribution in [2.45, 2.75) is 19.4 Å². The summed E-state index contributed by atoms with van der Waals surface area (Å²) >= 11 is 1.47. The Morgan fingerprint density at radius 1 is 1.71 bits per heavy atom. The molecule has 0 aliphatic heterocycles. The third-order valence-corrected chi connectivity index (χ3v) is 3.43. The van der Waals surface area contributed by atoms with E-state index in [1.807, 2.05) is 24.4 Å². The van der Waals surface area contributed by atoms with E-state index in [0.717, 1.165) is 16.9 Å². The molecule has 0 radical (unpaired) electrons. The zero-order valence-electron chi connectivity index (χ0n) is 9.43. The number of aryl methyl sites for hydroxylation is 1. The van der Waals surface area contributed by atoms with Crippen molar-refractivity contribution in [2.75, 3.05) is 5.32 Å². The van der Waals surface area contributed by atoms with Crippen molar-refractivity contribution < 1.29 is 4.79 Å². The number of aromatic nitrogens is 2. The van der Waals surface area contributed by atoms with Crippen LogP contribution in [0.2, 0.25) is 0 Å². The molecule has 1 amide bonds. The van der Waals surface area contributed by atoms with Gasteiger partial charge in [-0.05, 0) is 17.9 Å². The van der Waals surface area contributed by atoms with E-state index in [2.05, 4.69) is 15.5 Å². The van der Waals surface area contributed by atoms with Gasteiger partial charge in [0.25, 0.3) is 0 Å². The van der Waals surface area contributed by atoms with E-state index in [1.165, 1.54) is 11.3 Å². The Labute approximate surface area is 103 Å². The van der Waals surface area contributed by atoms with Crippen LogP contribution in [0.5, 0.6) is 0 Å². The molecule has 2 rings (SSSR count). The van der Waals surface area contributed by atoms with Gasteiger partial charge >= 0.3 is 0 Å². The van der Waals surface area contributed by atoms with Crippen molar-refractivity contribution in [3.8, 4) is 0 Å². The second-order valence-electron chi connectivity index (χ2n) is 3.61. The smallest absolute Gasteiger partial charge is 0.247 e. The first-order chi connectivity index (χ1) is 8.22. The van der Waals surface area contributed by atoms with Crippen LogP contribution in [-0.4, -0.2) is 16.1 Å². The van der Waals surface area contributed by atoms with Crippen molar-refractivity contribution >= 4 is 23.1 Å². The minimum Gasteiger partial charge on any atom is -0.316 e. The zero-order chi connectivity index (χ0) is 12.3. The van der Waals surface area contributed by atoms with E-state index in [0.29, 0.717) is 5.82 Å². The van der Waals surface area contributed by atoms with Gasteiger partial charge in [-0.15, -0.1) is 11.3 Å². The first-order valence-corrected chi connectivity index (χ1v) is 6.22. The molecule has 0 fully saturated rings. The lowest BCUT2D eigenvalue weighted by molar-refractivity contribution is -0.117. The summed E-state index contributed by atoms with van der Waals surface area (Å²) in [5.41, 5.74) is 6.82. The Kier molecular flexibility index (Phi) is 3.55. The molecule has 1 unspecified atom stereocenters. The molecule has 0 aliphatic carbocycles. The van der Waals surface area contributed by atoms with Crippen LogP contribution in [0.25, 0.3) is 0 Å². The number of aromatic amines is 1. The summed E-state index contributed by atoms with van der Waals surface area (Å²) in [6.07, 6.45) is 2.51. The van der Waals surface area contributed by atoms with Gasteiger partial charge in [0.05, 0.1) is 6.20 Å². The molecular weight excluding hydrogens is 236 g/mol. The number of carbonyl (C=O) groups excluding carboxylic acids is 1. The predicted octanol–water partition coefficient (Wildman–Crippen LogP) is 1.67. The van der Waals surface area contributed by atoms with Crippen LogP contribution in [0.4, 0.5) is 5.82 Å². The number of nitrogens with two attached hydrogens (primary N) is 1. The fourth-order valence-electron chi connectivity index (χ4n) is 1.49. The first-order valence-electron chi connectivity index (χ1n) is 5.34. The fourth-order valence-corrected chi connectivity index (χ4v) is 2.21. The molecule has 1 atom stereocenters. The summed E-state index contributed by atoms with van der Waals surface area (Å²) < 4.78 is 0. The van der Waals surface area contributed by atoms with Crippen LogP contribution in [-0.2, 0) is 11.2 Å². The molecule has 5 nitrogen and oxygen atoms in total. The van der Waals surface area contributed by atoms with Crippen molar-refractivity contribution in [2.24, 2.45) is 5.73 Å². The second kappa shape index (κ2) is 5.11. The number of carbonyl (C=O) groups is 1. The Morgan fingerprint density at radius 3 is 3.18 bits per heavy atom. The summed E-state index contributed by atoms with van der Waals surface area (Å²) in [5.74, 6) is 0.399. The first kappa shape index (κ1) is 11.8. The highest BCUT2D eigenvalue weighted by atomic mass is 32.1. The Morgan fingerprint density at radius 2 is 2.53 bits per heavy atom. The van der Waals surface area contributed by atoms with Gasteiger partial charge in [-0.3, -0.25) is 9.89 Å². The standard InChI is InChI=1S/C11H14N4OS/c1-2-7-6-13-15-10(7)14-11(16)9(12)8-4-3-5-17-8/h3-6,9H,2,12H2,1H3,(H2,13,14,15,16). The van der Waals surface area contributed by atoms with Crippen LogP contribution in [0.1, 0.15) is 23.4 Å². The molecule has 0 spiro atoms. The molecule has 17 heavy (non-hydrogen) atoms. The number of nitrogens with one attached hydrogen (secondary N) is 2. The number of anilines is 1. The lowest BCUT2D eigenvalue weighted by Gasteiger charge is -2.10. The molecule has 0 saturated carbocycles. The van der Waals surface area contributed by atoms with E-state index in [-0.39, 0.29) is 5.91 Å². The van der Waals surface area contributed by atoms with Crippen molar-refractivity contribution in [1.29, 1.82) is 0 Å². The Bertz CT molecular complexity index is 491. The topological polar surface area (TPSA) is 83.8 Å². The maximum Gasteiger partial charge on any atom is 0.247 e. The molecule has 0 aromatic carbocycles. The number of rotatable bonds is 4. The number of nitrogens with zero attached hydrogens (tertiary/aromatic N) is 1. The monoisotopic (exact) mass is 250 g/mol. The summed E-state index contributed by atoms with van der Waals surface area (Å²) in [4.78, 5) is 12.7. The normalized spacial score (nSPS) is 12.4. The highest BCUT2D eigenvalue weighted by Crippen LogP contribution is 2.19. The number of hydrogen-bond donors (Lipinski definition) is 3. The molecule has 90 valence electrons. The quantitative estimate of drug-likeness (QED) is 0.771. The summed E-state index contributed by atoms with van der Waals surface area (Å²) in [7, 11) is 0. The number of H-pyrrole nitrogens is 1. The molecule has 2 aromatic heterocycles. The lowest BCUT2D eigenvalue weighted by Crippen LogP contribution is -2.27. The minimum atomic E-state index is -0.636. The van der Waals surface area contributed by atoms with Crippen molar-refractivity contribution in [1.82, 2.24) is 10.2 Å². The Balaban J connectivity index is 2.07. The third kappa shape index (κ3) is 2.54. The minimum absolute atomic E-state index is 0.230. The van der Waals surface area contributed by atoms with E-state index < -0.39 is 6.04 Å². The molecule has 2 aromatic rings. The maximum absolute atomic E-state index is 11.9. The molecule has 0 bridgehead atoms. The molecular formula is C11H14N4OS. The average molecular weight is 250 g/mol. The molecule has 0 aliphatic rings. The summed E-state index contributed by atoms with van der Waals surface area (Å²) in [6.45, 7) is 2.00. The number of thiophene rings is 1. The van der Waals surface area contributed by atoms with E-state index >= 15 is 0 Å². The zero-order valence-corrected chi connectivity index (χ0v) is 10.3. The van der Waals surface area contributed by atoms with Gasteiger partial charge in [0.15, 0.2) is 0 Å². The lowest BCUT2D eigenvalue weighted by atomic mass is 10.2. The predicted molar refractivity (Wildman–Crippen MR) is 67.8 cm³/mol. The SMILES string of the molecule is CCc1cn[nH]c1NC(=O)C(N)c1cccs1. The van der Waals surface area contributed by atoms with Gasteiger partial charge in [-0.25, -0.2) is 0 Å². The van der Waals surface area contributed by atoms with Gasteiger partial charge in [0.1, 0.15) is 11.9 Å². The van der Waals surface area contributed by atoms with Gasteiger partial charge in [-0.2, -0.15) is 5.10 Å². The van der Waals surface area contributed by atoms with Crippen molar-refractivity contribution in [3.63, 3.8) is 0 Å². The highest BCUT2D eigenvalue weighted by Gasteiger charge is 2.18. The van der Waals surface area contributed by atoms with E-state index in [4.69, 9.17) is 5.73 Å². The number of hydrogen-bond acceptors (Lipinski definition) is 4. The van der Waals surface area contributed by atoms with Gasteiger partial charge in [-0.1, -0.05) is 13.0 Å². The van der Waals surface area contributed by atoms with Crippen LogP contribution in [0.3, 0.4) is 0 Å². The van der Waals surface area contributed by atoms with Crippen LogP contribution in [0.15, 0.2) is 23.7 Å². The molecule has 6 heteroatoms. The molecule has 2 heterocycles. The van der Waals surface area contributed by atoms with E-state index in [9.17, 15) is 4.79 Å². The number of amides is 1. The molecule has 0 saturated heterocycles. The van der Waals surface area contributed by atoms with Gasteiger partial charge in [0.2, 0.25) is 5.91 Å². The second-order valence-corrected chi connectivity index (χ2v) is 4.59. The Hall–Kier alpha value is -1.66. The van der Waals surface area contributed by atoms with Crippen LogP contribution < -0.4 is 11.1 Å². The highest BCUT2D eigenvalue weighted by molar-refractivity contribution is 7.10. The van der Waals surface area contributed by atoms with E-state index in [1.54, 1.807) is 6.20 Å². The molecule has 4 N–H and O–H groups in total. The van der Waals surface area contributed by atoms with Gasteiger partial charge < -0.3 is 11.1 Å². The third-order valence-electron chi connectivity index (χ3n) is 2.48. The summed E-state index contributed by atoms with van der Waals surface area (Å²) in [5, 5.41) is 11.3. The van der Waals surface area contributed by atoms with Crippen LogP contribution >= 0.6 is 11.3 Å². The fraction of sp³-hybridized carbons (Fsp3) is 0.273. The largest absolute Gasteiger partial charge is 0.316 e. The van der Waals surface area contributed by atoms with Crippen LogP contribution in [0, 0.1) is 0 Å². The maximum atomic E-state index is 11.9. The van der Waals surface area contributed by atoms with Crippen molar-refractivity contribution in [3.05, 3.63) is 34.2 Å². The summed E-state index contributed by atoms with van der Waals surface area (Å²) in [6, 6.07) is 3.09. The average Bonchev–Trinajstić information content (AvgIpc) is 2.98.